The molecule has 1 aliphatic heterocycles. The fraction of sp³-hybridized carbons (Fsp3) is 0.300. The number of likely N-dealkylation sites (tertiary alicyclic amines) is 1. The molecule has 2 aromatic heterocycles. The number of furan rings is 1. The maximum Gasteiger partial charge on any atom is 0.289 e. The monoisotopic (exact) mass is 385 g/mol. The number of nitrogens with one attached hydrogen (secondary N) is 2. The third-order valence-electron chi connectivity index (χ3n) is 5.02. The van der Waals surface area contributed by atoms with E-state index in [4.69, 9.17) is 16.0 Å². The van der Waals surface area contributed by atoms with Gasteiger partial charge < -0.3 is 19.6 Å². The number of aromatic nitrogens is 1. The van der Waals surface area contributed by atoms with Gasteiger partial charge in [-0.2, -0.15) is 0 Å². The van der Waals surface area contributed by atoms with Gasteiger partial charge in [0.15, 0.2) is 5.76 Å². The summed E-state index contributed by atoms with van der Waals surface area (Å²) in [7, 11) is 0. The van der Waals surface area contributed by atoms with Crippen LogP contribution in [-0.2, 0) is 0 Å². The number of piperidine rings is 1. The number of amides is 2. The number of hydrogen-bond acceptors (Lipinski definition) is 3. The maximum atomic E-state index is 12.9. The molecule has 4 rings (SSSR count). The molecule has 0 atom stereocenters. The molecule has 1 aliphatic rings. The van der Waals surface area contributed by atoms with Gasteiger partial charge in [0, 0.05) is 40.8 Å². The number of fused-ring (bicyclic) bond motifs is 1. The maximum absolute atomic E-state index is 12.9. The molecule has 0 saturated carbocycles. The lowest BCUT2D eigenvalue weighted by molar-refractivity contribution is 0.0667. The van der Waals surface area contributed by atoms with Crippen LogP contribution in [0.1, 0.15) is 39.4 Å². The molecule has 7 heteroatoms. The summed E-state index contributed by atoms with van der Waals surface area (Å²) in [6, 6.07) is 8.88. The number of rotatable bonds is 3. The van der Waals surface area contributed by atoms with Crippen LogP contribution in [0.25, 0.3) is 10.9 Å². The van der Waals surface area contributed by atoms with Crippen molar-refractivity contribution in [1.29, 1.82) is 0 Å². The minimum Gasteiger partial charge on any atom is -0.459 e. The molecule has 3 aromatic rings. The van der Waals surface area contributed by atoms with E-state index in [-0.39, 0.29) is 17.9 Å². The standard InChI is InChI=1S/C20H20ClN3O3/c1-12-18(15-11-13(21)4-5-16(15)22-12)19(25)23-14-6-8-24(9-7-14)20(26)17-3-2-10-27-17/h2-5,10-11,14,22H,6-9H2,1H3,(H,23,25). The fourth-order valence-electron chi connectivity index (χ4n) is 3.63. The Morgan fingerprint density at radius 1 is 1.26 bits per heavy atom. The molecule has 140 valence electrons. The van der Waals surface area contributed by atoms with E-state index < -0.39 is 0 Å². The van der Waals surface area contributed by atoms with Gasteiger partial charge in [-0.05, 0) is 50.1 Å². The molecular formula is C20H20ClN3O3. The Morgan fingerprint density at radius 2 is 2.04 bits per heavy atom. The van der Waals surface area contributed by atoms with Crippen LogP contribution >= 0.6 is 11.6 Å². The van der Waals surface area contributed by atoms with E-state index in [1.165, 1.54) is 6.26 Å². The van der Waals surface area contributed by atoms with Crippen LogP contribution in [0.5, 0.6) is 0 Å². The summed E-state index contributed by atoms with van der Waals surface area (Å²) in [6.45, 7) is 3.06. The summed E-state index contributed by atoms with van der Waals surface area (Å²) >= 11 is 6.09. The number of aromatic amines is 1. The lowest BCUT2D eigenvalue weighted by Gasteiger charge is -2.31. The second-order valence-corrected chi connectivity index (χ2v) is 7.27. The normalized spacial score (nSPS) is 15.3. The summed E-state index contributed by atoms with van der Waals surface area (Å²) in [4.78, 5) is 30.2. The molecule has 0 unspecified atom stereocenters. The molecule has 0 bridgehead atoms. The van der Waals surface area contributed by atoms with Crippen LogP contribution in [0.2, 0.25) is 5.02 Å². The molecule has 1 aromatic carbocycles. The minimum absolute atomic E-state index is 0.0293. The van der Waals surface area contributed by atoms with Gasteiger partial charge in [-0.1, -0.05) is 11.6 Å². The van der Waals surface area contributed by atoms with Crippen LogP contribution in [0, 0.1) is 6.92 Å². The van der Waals surface area contributed by atoms with E-state index >= 15 is 0 Å². The third kappa shape index (κ3) is 3.45. The Labute approximate surface area is 161 Å². The summed E-state index contributed by atoms with van der Waals surface area (Å²) in [5.41, 5.74) is 2.33. The van der Waals surface area contributed by atoms with Gasteiger partial charge in [0.1, 0.15) is 0 Å². The zero-order chi connectivity index (χ0) is 19.0. The largest absolute Gasteiger partial charge is 0.459 e. The Balaban J connectivity index is 1.42. The first-order valence-electron chi connectivity index (χ1n) is 8.94. The first-order chi connectivity index (χ1) is 13.0. The number of benzene rings is 1. The molecule has 0 aliphatic carbocycles. The van der Waals surface area contributed by atoms with Crippen molar-refractivity contribution in [2.45, 2.75) is 25.8 Å². The molecule has 1 fully saturated rings. The first-order valence-corrected chi connectivity index (χ1v) is 9.32. The van der Waals surface area contributed by atoms with Gasteiger partial charge >= 0.3 is 0 Å². The smallest absolute Gasteiger partial charge is 0.289 e. The lowest BCUT2D eigenvalue weighted by atomic mass is 10.0. The second kappa shape index (κ2) is 7.12. The van der Waals surface area contributed by atoms with Crippen molar-refractivity contribution in [2.24, 2.45) is 0 Å². The SMILES string of the molecule is Cc1[nH]c2ccc(Cl)cc2c1C(=O)NC1CCN(C(=O)c2ccco2)CC1. The van der Waals surface area contributed by atoms with Crippen molar-refractivity contribution in [3.8, 4) is 0 Å². The van der Waals surface area contributed by atoms with Crippen LogP contribution in [0.3, 0.4) is 0 Å². The second-order valence-electron chi connectivity index (χ2n) is 6.83. The summed E-state index contributed by atoms with van der Waals surface area (Å²) < 4.78 is 5.18. The van der Waals surface area contributed by atoms with E-state index in [0.717, 1.165) is 16.6 Å². The molecule has 1 saturated heterocycles. The van der Waals surface area contributed by atoms with Crippen molar-refractivity contribution in [2.75, 3.05) is 13.1 Å². The van der Waals surface area contributed by atoms with Crippen molar-refractivity contribution >= 4 is 34.3 Å². The fourth-order valence-corrected chi connectivity index (χ4v) is 3.80. The Kier molecular flexibility index (Phi) is 4.66. The lowest BCUT2D eigenvalue weighted by Crippen LogP contribution is -2.46. The Hall–Kier alpha value is -2.73. The van der Waals surface area contributed by atoms with Crippen LogP contribution in [0.4, 0.5) is 0 Å². The van der Waals surface area contributed by atoms with E-state index in [9.17, 15) is 9.59 Å². The van der Waals surface area contributed by atoms with Crippen LogP contribution < -0.4 is 5.32 Å². The van der Waals surface area contributed by atoms with E-state index in [1.54, 1.807) is 29.2 Å². The topological polar surface area (TPSA) is 78.3 Å². The summed E-state index contributed by atoms with van der Waals surface area (Å²) in [6.07, 6.45) is 2.91. The molecule has 2 amide bonds. The predicted octanol–water partition coefficient (Wildman–Crippen LogP) is 3.76. The van der Waals surface area contributed by atoms with E-state index in [2.05, 4.69) is 10.3 Å². The number of nitrogens with zero attached hydrogens (tertiary/aromatic N) is 1. The molecule has 6 nitrogen and oxygen atoms in total. The molecular weight excluding hydrogens is 366 g/mol. The van der Waals surface area contributed by atoms with Crippen molar-refractivity contribution < 1.29 is 14.0 Å². The highest BCUT2D eigenvalue weighted by Crippen LogP contribution is 2.26. The van der Waals surface area contributed by atoms with Gasteiger partial charge in [-0.3, -0.25) is 9.59 Å². The minimum atomic E-state index is -0.114. The van der Waals surface area contributed by atoms with Gasteiger partial charge in [0.05, 0.1) is 11.8 Å². The average Bonchev–Trinajstić information content (AvgIpc) is 3.29. The Morgan fingerprint density at radius 3 is 2.74 bits per heavy atom. The number of aryl methyl sites for hydroxylation is 1. The van der Waals surface area contributed by atoms with Crippen molar-refractivity contribution in [3.63, 3.8) is 0 Å². The summed E-state index contributed by atoms with van der Waals surface area (Å²) in [5, 5.41) is 4.52. The van der Waals surface area contributed by atoms with Gasteiger partial charge in [0.2, 0.25) is 0 Å². The molecule has 27 heavy (non-hydrogen) atoms. The van der Waals surface area contributed by atoms with Crippen molar-refractivity contribution in [1.82, 2.24) is 15.2 Å². The van der Waals surface area contributed by atoms with E-state index in [0.29, 0.717) is 42.3 Å². The summed E-state index contributed by atoms with van der Waals surface area (Å²) in [5.74, 6) is 0.132. The zero-order valence-corrected chi connectivity index (χ0v) is 15.7. The number of H-pyrrole nitrogens is 1. The van der Waals surface area contributed by atoms with Gasteiger partial charge in [-0.25, -0.2) is 0 Å². The average molecular weight is 386 g/mol. The quantitative estimate of drug-likeness (QED) is 0.720. The van der Waals surface area contributed by atoms with Crippen LogP contribution in [0.15, 0.2) is 41.0 Å². The highest BCUT2D eigenvalue weighted by atomic mass is 35.5. The predicted molar refractivity (Wildman–Crippen MR) is 103 cm³/mol. The van der Waals surface area contributed by atoms with Gasteiger partial charge in [-0.15, -0.1) is 0 Å². The molecule has 2 N–H and O–H groups in total. The number of halogens is 1. The first kappa shape index (κ1) is 17.7. The number of hydrogen-bond donors (Lipinski definition) is 2. The van der Waals surface area contributed by atoms with Gasteiger partial charge in [0.25, 0.3) is 11.8 Å². The number of carbonyl (C=O) groups excluding carboxylic acids is 2. The third-order valence-corrected chi connectivity index (χ3v) is 5.26. The zero-order valence-electron chi connectivity index (χ0n) is 14.9. The van der Waals surface area contributed by atoms with Crippen molar-refractivity contribution in [3.05, 3.63) is 58.6 Å². The molecule has 0 radical (unpaired) electrons. The molecule has 3 heterocycles. The number of carbonyl (C=O) groups is 2. The Bertz CT molecular complexity index is 985. The highest BCUT2D eigenvalue weighted by Gasteiger charge is 2.27. The van der Waals surface area contributed by atoms with Crippen LogP contribution in [-0.4, -0.2) is 40.8 Å². The highest BCUT2D eigenvalue weighted by molar-refractivity contribution is 6.31. The van der Waals surface area contributed by atoms with E-state index in [1.807, 2.05) is 13.0 Å². The molecule has 0 spiro atoms.